The summed E-state index contributed by atoms with van der Waals surface area (Å²) in [5.74, 6) is 1.32. The summed E-state index contributed by atoms with van der Waals surface area (Å²) in [6, 6.07) is 3.95. The predicted molar refractivity (Wildman–Crippen MR) is 116 cm³/mol. The molecule has 3 nitrogen and oxygen atoms in total. The Kier molecular flexibility index (Phi) is 6.34. The lowest BCUT2D eigenvalue weighted by atomic mass is 9.78. The molecular weight excluding hydrogens is 362 g/mol. The lowest BCUT2D eigenvalue weighted by molar-refractivity contribution is -0.107. The van der Waals surface area contributed by atoms with Gasteiger partial charge in [-0.25, -0.2) is 4.99 Å². The standard InChI is InChI=1S/C21H29NO2S2/c1-8-9-25-19-22-16(18(24)26-19)12-13-10-14(20(2,3)4)17(23)15(11-13)21(5,6)7/h10-12,23H,8-9H2,1-7H3. The van der Waals surface area contributed by atoms with Crippen LogP contribution in [0.25, 0.3) is 6.08 Å². The van der Waals surface area contributed by atoms with Crippen LogP contribution >= 0.6 is 23.5 Å². The van der Waals surface area contributed by atoms with Crippen molar-refractivity contribution in [2.45, 2.75) is 65.7 Å². The number of aliphatic imine (C=N–C) groups is 1. The number of hydrogen-bond acceptors (Lipinski definition) is 5. The molecule has 0 spiro atoms. The van der Waals surface area contributed by atoms with E-state index in [0.717, 1.165) is 33.2 Å². The van der Waals surface area contributed by atoms with Gasteiger partial charge in [-0.15, -0.1) is 0 Å². The third-order valence-corrected chi connectivity index (χ3v) is 6.30. The number of hydrogen-bond donors (Lipinski definition) is 1. The molecular formula is C21H29NO2S2. The molecule has 26 heavy (non-hydrogen) atoms. The Labute approximate surface area is 165 Å². The van der Waals surface area contributed by atoms with Gasteiger partial charge in [0.15, 0.2) is 0 Å². The molecule has 0 unspecified atom stereocenters. The van der Waals surface area contributed by atoms with Gasteiger partial charge in [0.25, 0.3) is 0 Å². The maximum absolute atomic E-state index is 12.3. The maximum Gasteiger partial charge on any atom is 0.244 e. The molecule has 0 amide bonds. The van der Waals surface area contributed by atoms with E-state index in [2.05, 4.69) is 53.5 Å². The van der Waals surface area contributed by atoms with E-state index >= 15 is 0 Å². The van der Waals surface area contributed by atoms with Crippen molar-refractivity contribution in [3.05, 3.63) is 34.5 Å². The number of benzene rings is 1. The average Bonchev–Trinajstić information content (AvgIpc) is 2.84. The van der Waals surface area contributed by atoms with Crippen LogP contribution < -0.4 is 0 Å². The van der Waals surface area contributed by atoms with Crippen molar-refractivity contribution >= 4 is 39.1 Å². The van der Waals surface area contributed by atoms with E-state index in [1.54, 1.807) is 11.8 Å². The first-order chi connectivity index (χ1) is 11.9. The smallest absolute Gasteiger partial charge is 0.244 e. The normalized spacial score (nSPS) is 17.1. The first kappa shape index (κ1) is 21.1. The van der Waals surface area contributed by atoms with Gasteiger partial charge >= 0.3 is 0 Å². The lowest BCUT2D eigenvalue weighted by Crippen LogP contribution is -2.17. The van der Waals surface area contributed by atoms with Crippen LogP contribution in [0.2, 0.25) is 0 Å². The van der Waals surface area contributed by atoms with E-state index in [-0.39, 0.29) is 15.9 Å². The molecule has 2 rings (SSSR count). The molecule has 0 bridgehead atoms. The lowest BCUT2D eigenvalue weighted by Gasteiger charge is -2.27. The Morgan fingerprint density at radius 1 is 1.12 bits per heavy atom. The topological polar surface area (TPSA) is 49.7 Å². The molecule has 1 aromatic carbocycles. The Balaban J connectivity index is 2.53. The van der Waals surface area contributed by atoms with Crippen LogP contribution in [0.1, 0.15) is 71.6 Å². The highest BCUT2D eigenvalue weighted by Gasteiger charge is 2.27. The number of phenols is 1. The van der Waals surface area contributed by atoms with Gasteiger partial charge in [0, 0.05) is 11.1 Å². The summed E-state index contributed by atoms with van der Waals surface area (Å²) in [7, 11) is 0. The number of nitrogens with zero attached hydrogens (tertiary/aromatic N) is 1. The summed E-state index contributed by atoms with van der Waals surface area (Å²) in [5.41, 5.74) is 2.78. The van der Waals surface area contributed by atoms with Crippen LogP contribution in [-0.2, 0) is 15.6 Å². The van der Waals surface area contributed by atoms with Crippen LogP contribution in [0.3, 0.4) is 0 Å². The predicted octanol–water partition coefficient (Wildman–Crippen LogP) is 6.10. The second kappa shape index (κ2) is 7.81. The maximum atomic E-state index is 12.3. The fourth-order valence-electron chi connectivity index (χ4n) is 2.68. The molecule has 0 aromatic heterocycles. The summed E-state index contributed by atoms with van der Waals surface area (Å²) in [4.78, 5) is 16.8. The van der Waals surface area contributed by atoms with Crippen molar-refractivity contribution in [3.63, 3.8) is 0 Å². The van der Waals surface area contributed by atoms with E-state index < -0.39 is 0 Å². The molecule has 0 aliphatic carbocycles. The Morgan fingerprint density at radius 3 is 2.12 bits per heavy atom. The third kappa shape index (κ3) is 4.95. The Bertz CT molecular complexity index is 730. The summed E-state index contributed by atoms with van der Waals surface area (Å²) >= 11 is 2.84. The number of phenolic OH excluding ortho intramolecular Hbond substituents is 1. The Morgan fingerprint density at radius 2 is 1.65 bits per heavy atom. The van der Waals surface area contributed by atoms with Gasteiger partial charge in [-0.05, 0) is 58.5 Å². The molecule has 5 heteroatoms. The summed E-state index contributed by atoms with van der Waals surface area (Å²) < 4.78 is 0.828. The Hall–Kier alpha value is -1.20. The molecule has 1 N–H and O–H groups in total. The van der Waals surface area contributed by atoms with Crippen molar-refractivity contribution in [1.29, 1.82) is 0 Å². The fourth-order valence-corrected chi connectivity index (χ4v) is 4.45. The van der Waals surface area contributed by atoms with E-state index in [0.29, 0.717) is 11.4 Å². The van der Waals surface area contributed by atoms with Crippen LogP contribution in [-0.4, -0.2) is 20.4 Å². The van der Waals surface area contributed by atoms with Gasteiger partial charge in [-0.3, -0.25) is 4.79 Å². The molecule has 0 radical (unpaired) electrons. The number of thioether (sulfide) groups is 2. The zero-order valence-electron chi connectivity index (χ0n) is 16.8. The molecule has 1 aliphatic heterocycles. The summed E-state index contributed by atoms with van der Waals surface area (Å²) in [6.45, 7) is 14.6. The van der Waals surface area contributed by atoms with Gasteiger partial charge in [0.2, 0.25) is 5.12 Å². The number of aromatic hydroxyl groups is 1. The van der Waals surface area contributed by atoms with Crippen LogP contribution in [0.5, 0.6) is 5.75 Å². The number of carbonyl (C=O) groups is 1. The largest absolute Gasteiger partial charge is 0.507 e. The molecule has 1 heterocycles. The average molecular weight is 392 g/mol. The molecule has 0 saturated heterocycles. The highest BCUT2D eigenvalue weighted by atomic mass is 32.2. The zero-order valence-corrected chi connectivity index (χ0v) is 18.4. The van der Waals surface area contributed by atoms with Gasteiger partial charge in [-0.2, -0.15) is 0 Å². The van der Waals surface area contributed by atoms with Crippen molar-refractivity contribution in [2.75, 3.05) is 5.75 Å². The summed E-state index contributed by atoms with van der Waals surface area (Å²) in [6.07, 6.45) is 2.90. The number of rotatable bonds is 3. The first-order valence-electron chi connectivity index (χ1n) is 8.97. The zero-order chi connectivity index (χ0) is 19.7. The highest BCUT2D eigenvalue weighted by molar-refractivity contribution is 8.45. The minimum atomic E-state index is -0.196. The fraction of sp³-hybridized carbons (Fsp3) is 0.524. The van der Waals surface area contributed by atoms with Gasteiger partial charge in [0.05, 0.1) is 0 Å². The minimum absolute atomic E-state index is 0.00806. The molecule has 0 saturated carbocycles. The molecule has 0 fully saturated rings. The van der Waals surface area contributed by atoms with Gasteiger partial charge in [0.1, 0.15) is 15.8 Å². The van der Waals surface area contributed by atoms with Crippen molar-refractivity contribution in [2.24, 2.45) is 4.99 Å². The van der Waals surface area contributed by atoms with Crippen LogP contribution in [0.15, 0.2) is 22.8 Å². The summed E-state index contributed by atoms with van der Waals surface area (Å²) in [5, 5.41) is 10.8. The minimum Gasteiger partial charge on any atom is -0.507 e. The first-order valence-corrected chi connectivity index (χ1v) is 10.8. The van der Waals surface area contributed by atoms with Crippen LogP contribution in [0, 0.1) is 0 Å². The number of carbonyl (C=O) groups excluding carboxylic acids is 1. The van der Waals surface area contributed by atoms with Crippen LogP contribution in [0.4, 0.5) is 0 Å². The quantitative estimate of drug-likeness (QED) is 0.632. The molecule has 1 aromatic rings. The van der Waals surface area contributed by atoms with Gasteiger partial charge in [-0.1, -0.05) is 60.2 Å². The SMILES string of the molecule is CCCSC1=NC(=Cc2cc(C(C)(C)C)c(O)c(C(C)(C)C)c2)C(=O)S1. The molecule has 142 valence electrons. The van der Waals surface area contributed by atoms with Crippen molar-refractivity contribution in [1.82, 2.24) is 0 Å². The van der Waals surface area contributed by atoms with E-state index in [9.17, 15) is 9.90 Å². The van der Waals surface area contributed by atoms with Crippen molar-refractivity contribution in [3.8, 4) is 5.75 Å². The van der Waals surface area contributed by atoms with Crippen molar-refractivity contribution < 1.29 is 9.90 Å². The van der Waals surface area contributed by atoms with E-state index in [4.69, 9.17) is 0 Å². The van der Waals surface area contributed by atoms with E-state index in [1.165, 1.54) is 11.8 Å². The third-order valence-electron chi connectivity index (χ3n) is 4.08. The highest BCUT2D eigenvalue weighted by Crippen LogP contribution is 2.40. The molecule has 1 aliphatic rings. The molecule has 0 atom stereocenters. The van der Waals surface area contributed by atoms with E-state index in [1.807, 2.05) is 18.2 Å². The second-order valence-electron chi connectivity index (χ2n) is 8.61. The monoisotopic (exact) mass is 391 g/mol. The second-order valence-corrected chi connectivity index (χ2v) is 10.9. The van der Waals surface area contributed by atoms with Gasteiger partial charge < -0.3 is 5.11 Å².